The van der Waals surface area contributed by atoms with Crippen molar-refractivity contribution in [3.05, 3.63) is 35.9 Å². The fourth-order valence-electron chi connectivity index (χ4n) is 3.94. The molecule has 1 aliphatic carbocycles. The largest absolute Gasteiger partial charge is 0.481 e. The number of hydrogen-bond acceptors (Lipinski definition) is 2. The monoisotopic (exact) mass is 315 g/mol. The van der Waals surface area contributed by atoms with E-state index in [4.69, 9.17) is 0 Å². The topological polar surface area (TPSA) is 57.6 Å². The molecule has 2 fully saturated rings. The number of carbonyl (C=O) groups is 2. The first-order chi connectivity index (χ1) is 11.0. The molecular weight excluding hydrogens is 290 g/mol. The minimum Gasteiger partial charge on any atom is -0.481 e. The lowest BCUT2D eigenvalue weighted by atomic mass is 9.87. The van der Waals surface area contributed by atoms with Gasteiger partial charge in [-0.2, -0.15) is 0 Å². The van der Waals surface area contributed by atoms with E-state index in [1.807, 2.05) is 30.3 Å². The van der Waals surface area contributed by atoms with Crippen molar-refractivity contribution in [1.29, 1.82) is 0 Å². The molecule has 1 aromatic carbocycles. The van der Waals surface area contributed by atoms with Gasteiger partial charge in [0.05, 0.1) is 11.8 Å². The van der Waals surface area contributed by atoms with Crippen LogP contribution < -0.4 is 0 Å². The molecular formula is C19H25NO3. The molecule has 1 unspecified atom stereocenters. The van der Waals surface area contributed by atoms with E-state index in [-0.39, 0.29) is 23.7 Å². The third-order valence-corrected chi connectivity index (χ3v) is 5.31. The van der Waals surface area contributed by atoms with Gasteiger partial charge in [-0.1, -0.05) is 44.2 Å². The maximum atomic E-state index is 13.1. The Hall–Kier alpha value is -1.84. The predicted octanol–water partition coefficient (Wildman–Crippen LogP) is 3.00. The van der Waals surface area contributed by atoms with Crippen molar-refractivity contribution in [2.75, 3.05) is 13.1 Å². The summed E-state index contributed by atoms with van der Waals surface area (Å²) in [7, 11) is 0. The molecule has 1 saturated heterocycles. The minimum absolute atomic E-state index is 0.0839. The first kappa shape index (κ1) is 16.0. The van der Waals surface area contributed by atoms with Crippen molar-refractivity contribution in [1.82, 2.24) is 4.90 Å². The van der Waals surface area contributed by atoms with Gasteiger partial charge in [0.25, 0.3) is 0 Å². The predicted molar refractivity (Wildman–Crippen MR) is 87.9 cm³/mol. The normalized spacial score (nSPS) is 25.6. The molecule has 2 aliphatic rings. The minimum atomic E-state index is -0.752. The van der Waals surface area contributed by atoms with Gasteiger partial charge in [0.15, 0.2) is 0 Å². The highest BCUT2D eigenvalue weighted by Gasteiger charge is 2.47. The van der Waals surface area contributed by atoms with Gasteiger partial charge >= 0.3 is 5.97 Å². The lowest BCUT2D eigenvalue weighted by Crippen LogP contribution is -2.36. The summed E-state index contributed by atoms with van der Waals surface area (Å²) in [5, 5.41) is 9.49. The molecule has 3 atom stereocenters. The van der Waals surface area contributed by atoms with E-state index in [9.17, 15) is 14.7 Å². The van der Waals surface area contributed by atoms with Crippen molar-refractivity contribution in [2.24, 2.45) is 23.7 Å². The zero-order valence-electron chi connectivity index (χ0n) is 13.8. The SMILES string of the molecule is CC(C)C(C(=O)N1C[C@H](C(=O)O)[C@@H](C2CC2)C1)c1ccccc1. The van der Waals surface area contributed by atoms with Crippen LogP contribution in [0.25, 0.3) is 0 Å². The quantitative estimate of drug-likeness (QED) is 0.909. The third kappa shape index (κ3) is 3.26. The maximum Gasteiger partial charge on any atom is 0.308 e. The molecule has 1 amide bonds. The van der Waals surface area contributed by atoms with Gasteiger partial charge in [-0.05, 0) is 36.2 Å². The molecule has 4 heteroatoms. The van der Waals surface area contributed by atoms with Gasteiger partial charge in [-0.25, -0.2) is 0 Å². The summed E-state index contributed by atoms with van der Waals surface area (Å²) >= 11 is 0. The van der Waals surface area contributed by atoms with Crippen molar-refractivity contribution >= 4 is 11.9 Å². The standard InChI is InChI=1S/C19H25NO3/c1-12(2)17(14-6-4-3-5-7-14)18(21)20-10-15(13-8-9-13)16(11-20)19(22)23/h3-7,12-13,15-17H,8-11H2,1-2H3,(H,22,23)/t15-,16+,17?/m1/s1. The summed E-state index contributed by atoms with van der Waals surface area (Å²) in [6, 6.07) is 9.84. The highest BCUT2D eigenvalue weighted by Crippen LogP contribution is 2.44. The Bertz CT molecular complexity index is 580. The first-order valence-corrected chi connectivity index (χ1v) is 8.55. The summed E-state index contributed by atoms with van der Waals surface area (Å²) in [6.07, 6.45) is 2.23. The van der Waals surface area contributed by atoms with Gasteiger partial charge in [-0.15, -0.1) is 0 Å². The van der Waals surface area contributed by atoms with Crippen LogP contribution >= 0.6 is 0 Å². The lowest BCUT2D eigenvalue weighted by molar-refractivity contribution is -0.142. The number of rotatable bonds is 5. The first-order valence-electron chi connectivity index (χ1n) is 8.55. The molecule has 1 heterocycles. The fraction of sp³-hybridized carbons (Fsp3) is 0.579. The zero-order valence-corrected chi connectivity index (χ0v) is 13.8. The lowest BCUT2D eigenvalue weighted by Gasteiger charge is -2.26. The van der Waals surface area contributed by atoms with Crippen LogP contribution in [-0.2, 0) is 9.59 Å². The Balaban J connectivity index is 1.79. The van der Waals surface area contributed by atoms with Gasteiger partial charge in [0.2, 0.25) is 5.91 Å². The van der Waals surface area contributed by atoms with Crippen LogP contribution in [0.4, 0.5) is 0 Å². The van der Waals surface area contributed by atoms with Crippen molar-refractivity contribution in [3.8, 4) is 0 Å². The summed E-state index contributed by atoms with van der Waals surface area (Å²) in [6.45, 7) is 5.08. The number of aliphatic carboxylic acids is 1. The maximum absolute atomic E-state index is 13.1. The van der Waals surface area contributed by atoms with Crippen LogP contribution in [0.1, 0.15) is 38.2 Å². The molecule has 1 aromatic rings. The number of likely N-dealkylation sites (tertiary alicyclic amines) is 1. The van der Waals surface area contributed by atoms with Crippen molar-refractivity contribution < 1.29 is 14.7 Å². The molecule has 1 aliphatic heterocycles. The van der Waals surface area contributed by atoms with Gasteiger partial charge in [0.1, 0.15) is 0 Å². The molecule has 1 saturated carbocycles. The van der Waals surface area contributed by atoms with E-state index >= 15 is 0 Å². The summed E-state index contributed by atoms with van der Waals surface area (Å²) < 4.78 is 0. The van der Waals surface area contributed by atoms with Crippen LogP contribution in [0.15, 0.2) is 30.3 Å². The van der Waals surface area contributed by atoms with E-state index in [2.05, 4.69) is 13.8 Å². The average Bonchev–Trinajstić information content (AvgIpc) is 3.26. The van der Waals surface area contributed by atoms with Crippen molar-refractivity contribution in [3.63, 3.8) is 0 Å². The van der Waals surface area contributed by atoms with E-state index in [0.29, 0.717) is 19.0 Å². The number of hydrogen-bond donors (Lipinski definition) is 1. The van der Waals surface area contributed by atoms with Crippen molar-refractivity contribution in [2.45, 2.75) is 32.6 Å². The summed E-state index contributed by atoms with van der Waals surface area (Å²) in [4.78, 5) is 26.4. The number of carboxylic acid groups (broad SMARTS) is 1. The molecule has 4 nitrogen and oxygen atoms in total. The second-order valence-electron chi connectivity index (χ2n) is 7.32. The smallest absolute Gasteiger partial charge is 0.308 e. The molecule has 23 heavy (non-hydrogen) atoms. The second kappa shape index (κ2) is 6.34. The Morgan fingerprint density at radius 3 is 2.30 bits per heavy atom. The number of amides is 1. The van der Waals surface area contributed by atoms with Gasteiger partial charge in [-0.3, -0.25) is 9.59 Å². The number of nitrogens with zero attached hydrogens (tertiary/aromatic N) is 1. The molecule has 0 spiro atoms. The van der Waals surface area contributed by atoms with Crippen LogP contribution in [0.3, 0.4) is 0 Å². The van der Waals surface area contributed by atoms with Crippen LogP contribution in [0, 0.1) is 23.7 Å². The molecule has 0 bridgehead atoms. The molecule has 3 rings (SSSR count). The number of carbonyl (C=O) groups excluding carboxylic acids is 1. The highest BCUT2D eigenvalue weighted by atomic mass is 16.4. The van der Waals surface area contributed by atoms with Crippen LogP contribution in [0.5, 0.6) is 0 Å². The molecule has 124 valence electrons. The van der Waals surface area contributed by atoms with Crippen LogP contribution in [0.2, 0.25) is 0 Å². The second-order valence-corrected chi connectivity index (χ2v) is 7.32. The fourth-order valence-corrected chi connectivity index (χ4v) is 3.94. The molecule has 0 aromatic heterocycles. The average molecular weight is 315 g/mol. The molecule has 0 radical (unpaired) electrons. The Kier molecular flexibility index (Phi) is 4.42. The highest BCUT2D eigenvalue weighted by molar-refractivity contribution is 5.85. The number of benzene rings is 1. The Labute approximate surface area is 137 Å². The van der Waals surface area contributed by atoms with E-state index in [1.165, 1.54) is 0 Å². The Morgan fingerprint density at radius 1 is 1.13 bits per heavy atom. The molecule has 1 N–H and O–H groups in total. The van der Waals surface area contributed by atoms with Gasteiger partial charge < -0.3 is 10.0 Å². The van der Waals surface area contributed by atoms with E-state index < -0.39 is 11.9 Å². The van der Waals surface area contributed by atoms with E-state index in [0.717, 1.165) is 18.4 Å². The van der Waals surface area contributed by atoms with Crippen LogP contribution in [-0.4, -0.2) is 35.0 Å². The number of carboxylic acids is 1. The summed E-state index contributed by atoms with van der Waals surface area (Å²) in [5.41, 5.74) is 1.02. The Morgan fingerprint density at radius 2 is 1.78 bits per heavy atom. The zero-order chi connectivity index (χ0) is 16.6. The van der Waals surface area contributed by atoms with E-state index in [1.54, 1.807) is 4.90 Å². The van der Waals surface area contributed by atoms with Gasteiger partial charge in [0, 0.05) is 13.1 Å². The third-order valence-electron chi connectivity index (χ3n) is 5.31. The summed E-state index contributed by atoms with van der Waals surface area (Å²) in [5.74, 6) is -0.423.